The molecule has 0 aromatic heterocycles. The van der Waals surface area contributed by atoms with Crippen molar-refractivity contribution in [3.05, 3.63) is 0 Å². The molecule has 0 heterocycles. The standard InChI is InChI=1S/C6H8N2O3/c1-2-3-6(11,7-4-9)8-5-10/h11H,2-3H2,1H3. The molecule has 5 nitrogen and oxygen atoms in total. The summed E-state index contributed by atoms with van der Waals surface area (Å²) in [4.78, 5) is 25.4. The van der Waals surface area contributed by atoms with Crippen LogP contribution in [-0.2, 0) is 9.59 Å². The molecule has 11 heavy (non-hydrogen) atoms. The summed E-state index contributed by atoms with van der Waals surface area (Å²) in [5.41, 5.74) is 0. The molecule has 0 aliphatic carbocycles. The quantitative estimate of drug-likeness (QED) is 0.463. The summed E-state index contributed by atoms with van der Waals surface area (Å²) in [6.45, 7) is 1.76. The molecule has 0 amide bonds. The number of hydrogen-bond donors (Lipinski definition) is 1. The summed E-state index contributed by atoms with van der Waals surface area (Å²) >= 11 is 0. The van der Waals surface area contributed by atoms with Crippen LogP contribution in [0.3, 0.4) is 0 Å². The molecule has 0 atom stereocenters. The van der Waals surface area contributed by atoms with E-state index in [0.29, 0.717) is 6.42 Å². The summed E-state index contributed by atoms with van der Waals surface area (Å²) in [5.74, 6) is -1.95. The van der Waals surface area contributed by atoms with Gasteiger partial charge in [0.2, 0.25) is 12.2 Å². The maximum Gasteiger partial charge on any atom is 0.276 e. The van der Waals surface area contributed by atoms with Crippen LogP contribution in [0.1, 0.15) is 19.8 Å². The number of carbonyl (C=O) groups excluding carboxylic acids is 2. The molecule has 0 saturated heterocycles. The second kappa shape index (κ2) is 4.52. The van der Waals surface area contributed by atoms with Crippen LogP contribution < -0.4 is 0 Å². The fourth-order valence-corrected chi connectivity index (χ4v) is 0.618. The molecular formula is C6H8N2O3. The predicted molar refractivity (Wildman–Crippen MR) is 36.1 cm³/mol. The van der Waals surface area contributed by atoms with Gasteiger partial charge in [0.1, 0.15) is 0 Å². The number of nitrogens with zero attached hydrogens (tertiary/aromatic N) is 2. The molecular weight excluding hydrogens is 148 g/mol. The minimum absolute atomic E-state index is 0.109. The van der Waals surface area contributed by atoms with Crippen LogP contribution in [0.2, 0.25) is 0 Å². The number of aliphatic imine (C=N–C) groups is 2. The molecule has 0 aromatic rings. The summed E-state index contributed by atoms with van der Waals surface area (Å²) in [7, 11) is 0. The third-order valence-electron chi connectivity index (χ3n) is 1.03. The average molecular weight is 156 g/mol. The van der Waals surface area contributed by atoms with Crippen LogP contribution in [0.4, 0.5) is 0 Å². The van der Waals surface area contributed by atoms with Crippen LogP contribution in [0.5, 0.6) is 0 Å². The van der Waals surface area contributed by atoms with E-state index in [0.717, 1.165) is 12.2 Å². The Labute approximate surface area is 63.5 Å². The average Bonchev–Trinajstić information content (AvgIpc) is 1.88. The zero-order valence-corrected chi connectivity index (χ0v) is 6.07. The third kappa shape index (κ3) is 3.43. The topological polar surface area (TPSA) is 79.1 Å². The van der Waals surface area contributed by atoms with Gasteiger partial charge in [0.15, 0.2) is 0 Å². The Morgan fingerprint density at radius 2 is 1.82 bits per heavy atom. The minimum Gasteiger partial charge on any atom is -0.350 e. The van der Waals surface area contributed by atoms with Crippen LogP contribution in [0.15, 0.2) is 9.98 Å². The molecule has 0 spiro atoms. The van der Waals surface area contributed by atoms with Gasteiger partial charge in [0, 0.05) is 6.42 Å². The Morgan fingerprint density at radius 3 is 2.09 bits per heavy atom. The van der Waals surface area contributed by atoms with Crippen LogP contribution >= 0.6 is 0 Å². The Hall–Kier alpha value is -1.28. The van der Waals surface area contributed by atoms with E-state index in [1.165, 1.54) is 0 Å². The highest BCUT2D eigenvalue weighted by molar-refractivity contribution is 5.37. The highest BCUT2D eigenvalue weighted by Gasteiger charge is 2.23. The Bertz CT molecular complexity index is 196. The highest BCUT2D eigenvalue weighted by Crippen LogP contribution is 2.14. The lowest BCUT2D eigenvalue weighted by Gasteiger charge is -2.11. The van der Waals surface area contributed by atoms with Gasteiger partial charge in [0.05, 0.1) is 0 Å². The largest absolute Gasteiger partial charge is 0.350 e. The Kier molecular flexibility index (Phi) is 4.00. The van der Waals surface area contributed by atoms with Crippen molar-refractivity contribution in [3.8, 4) is 0 Å². The fraction of sp³-hybridized carbons (Fsp3) is 0.667. The van der Waals surface area contributed by atoms with E-state index >= 15 is 0 Å². The van der Waals surface area contributed by atoms with Crippen LogP contribution in [-0.4, -0.2) is 23.1 Å². The lowest BCUT2D eigenvalue weighted by Crippen LogP contribution is -2.21. The number of rotatable bonds is 4. The first kappa shape index (κ1) is 9.72. The lowest BCUT2D eigenvalue weighted by molar-refractivity contribution is 0.0496. The third-order valence-corrected chi connectivity index (χ3v) is 1.03. The lowest BCUT2D eigenvalue weighted by atomic mass is 10.2. The zero-order valence-electron chi connectivity index (χ0n) is 6.07. The second-order valence-corrected chi connectivity index (χ2v) is 1.93. The van der Waals surface area contributed by atoms with Crippen LogP contribution in [0.25, 0.3) is 0 Å². The number of isocyanates is 2. The van der Waals surface area contributed by atoms with Gasteiger partial charge < -0.3 is 5.11 Å². The molecule has 0 aromatic carbocycles. The molecule has 0 radical (unpaired) electrons. The van der Waals surface area contributed by atoms with Gasteiger partial charge in [-0.1, -0.05) is 6.92 Å². The first-order valence-corrected chi connectivity index (χ1v) is 3.09. The zero-order chi connectivity index (χ0) is 8.74. The Balaban J connectivity index is 4.49. The Morgan fingerprint density at radius 1 is 1.36 bits per heavy atom. The van der Waals surface area contributed by atoms with E-state index in [1.54, 1.807) is 6.92 Å². The van der Waals surface area contributed by atoms with Gasteiger partial charge in [-0.2, -0.15) is 0 Å². The minimum atomic E-state index is -1.95. The summed E-state index contributed by atoms with van der Waals surface area (Å²) in [6.07, 6.45) is 2.92. The van der Waals surface area contributed by atoms with Gasteiger partial charge in [-0.3, -0.25) is 0 Å². The molecule has 0 rings (SSSR count). The van der Waals surface area contributed by atoms with Crippen molar-refractivity contribution in [2.24, 2.45) is 9.98 Å². The number of aliphatic hydroxyl groups is 1. The van der Waals surface area contributed by atoms with Gasteiger partial charge in [-0.25, -0.2) is 9.59 Å². The van der Waals surface area contributed by atoms with E-state index in [9.17, 15) is 9.59 Å². The van der Waals surface area contributed by atoms with Crippen molar-refractivity contribution >= 4 is 12.2 Å². The molecule has 0 saturated carbocycles. The van der Waals surface area contributed by atoms with Crippen molar-refractivity contribution in [1.29, 1.82) is 0 Å². The molecule has 60 valence electrons. The molecule has 0 aliphatic heterocycles. The maximum atomic E-state index is 9.73. The fourth-order valence-electron chi connectivity index (χ4n) is 0.618. The summed E-state index contributed by atoms with van der Waals surface area (Å²) in [6, 6.07) is 0. The summed E-state index contributed by atoms with van der Waals surface area (Å²) in [5, 5.41) is 9.15. The SMILES string of the molecule is CCCC(O)(N=C=O)N=C=O. The van der Waals surface area contributed by atoms with Gasteiger partial charge in [-0.05, 0) is 6.42 Å². The van der Waals surface area contributed by atoms with Crippen molar-refractivity contribution in [3.63, 3.8) is 0 Å². The van der Waals surface area contributed by atoms with Gasteiger partial charge >= 0.3 is 0 Å². The van der Waals surface area contributed by atoms with Gasteiger partial charge in [-0.15, -0.1) is 9.98 Å². The van der Waals surface area contributed by atoms with Crippen molar-refractivity contribution in [1.82, 2.24) is 0 Å². The number of hydrogen-bond acceptors (Lipinski definition) is 5. The second-order valence-electron chi connectivity index (χ2n) is 1.93. The molecule has 0 bridgehead atoms. The maximum absolute atomic E-state index is 9.73. The first-order valence-electron chi connectivity index (χ1n) is 3.09. The van der Waals surface area contributed by atoms with Crippen molar-refractivity contribution in [2.45, 2.75) is 25.6 Å². The normalized spacial score (nSPS) is 14.0. The molecule has 0 unspecified atom stereocenters. The van der Waals surface area contributed by atoms with Crippen molar-refractivity contribution < 1.29 is 14.7 Å². The van der Waals surface area contributed by atoms with E-state index < -0.39 is 5.85 Å². The first-order chi connectivity index (χ1) is 5.18. The van der Waals surface area contributed by atoms with Crippen LogP contribution in [0, 0.1) is 0 Å². The summed E-state index contributed by atoms with van der Waals surface area (Å²) < 4.78 is 0. The van der Waals surface area contributed by atoms with Crippen molar-refractivity contribution in [2.75, 3.05) is 0 Å². The van der Waals surface area contributed by atoms with Gasteiger partial charge in [0.25, 0.3) is 5.85 Å². The highest BCUT2D eigenvalue weighted by atomic mass is 16.3. The predicted octanol–water partition coefficient (Wildman–Crippen LogP) is 0.104. The van der Waals surface area contributed by atoms with E-state index in [1.807, 2.05) is 0 Å². The molecule has 1 N–H and O–H groups in total. The molecule has 0 fully saturated rings. The smallest absolute Gasteiger partial charge is 0.276 e. The van der Waals surface area contributed by atoms with E-state index in [4.69, 9.17) is 5.11 Å². The van der Waals surface area contributed by atoms with E-state index in [2.05, 4.69) is 9.98 Å². The molecule has 5 heteroatoms. The monoisotopic (exact) mass is 156 g/mol. The molecule has 0 aliphatic rings. The van der Waals surface area contributed by atoms with E-state index in [-0.39, 0.29) is 6.42 Å².